The molecule has 0 radical (unpaired) electrons. The first kappa shape index (κ1) is 20.7. The highest BCUT2D eigenvalue weighted by Crippen LogP contribution is 2.22. The largest absolute Gasteiger partial charge is 0.475 e. The minimum atomic E-state index is -0.935. The quantitative estimate of drug-likeness (QED) is 0.583. The van der Waals surface area contributed by atoms with Crippen LogP contribution in [-0.2, 0) is 0 Å². The van der Waals surface area contributed by atoms with Crippen LogP contribution in [0.4, 0.5) is 8.78 Å². The van der Waals surface area contributed by atoms with Gasteiger partial charge in [0, 0.05) is 24.9 Å². The minimum absolute atomic E-state index is 0.126. The molecule has 10 heteroatoms. The molecule has 0 fully saturated rings. The summed E-state index contributed by atoms with van der Waals surface area (Å²) in [6, 6.07) is 4.49. The van der Waals surface area contributed by atoms with Crippen molar-refractivity contribution in [1.82, 2.24) is 24.9 Å². The van der Waals surface area contributed by atoms with Crippen molar-refractivity contribution in [3.05, 3.63) is 65.1 Å². The molecule has 2 aromatic heterocycles. The van der Waals surface area contributed by atoms with Gasteiger partial charge in [-0.05, 0) is 26.0 Å². The molecular formula is C19H18ClF2N5O2. The zero-order valence-electron chi connectivity index (χ0n) is 15.7. The van der Waals surface area contributed by atoms with Gasteiger partial charge in [0.1, 0.15) is 18.1 Å². The predicted octanol–water partition coefficient (Wildman–Crippen LogP) is 3.52. The van der Waals surface area contributed by atoms with Crippen LogP contribution in [0.1, 0.15) is 24.2 Å². The lowest BCUT2D eigenvalue weighted by molar-refractivity contribution is 0.0645. The average Bonchev–Trinajstić information content (AvgIpc) is 3.21. The second kappa shape index (κ2) is 8.95. The van der Waals surface area contributed by atoms with Gasteiger partial charge in [0.25, 0.3) is 5.91 Å². The van der Waals surface area contributed by atoms with E-state index in [9.17, 15) is 13.6 Å². The molecule has 0 bridgehead atoms. The van der Waals surface area contributed by atoms with E-state index in [1.165, 1.54) is 23.5 Å². The summed E-state index contributed by atoms with van der Waals surface area (Å²) in [4.78, 5) is 19.6. The van der Waals surface area contributed by atoms with E-state index in [4.69, 9.17) is 16.3 Å². The number of likely N-dealkylation sites (N-methyl/N-ethyl adjacent to an activating group) is 1. The van der Waals surface area contributed by atoms with Crippen LogP contribution in [-0.4, -0.2) is 50.0 Å². The summed E-state index contributed by atoms with van der Waals surface area (Å²) in [5, 5.41) is 8.20. The first-order valence-corrected chi connectivity index (χ1v) is 9.19. The number of hydrogen-bond acceptors (Lipinski definition) is 5. The fourth-order valence-corrected chi connectivity index (χ4v) is 2.93. The molecule has 29 heavy (non-hydrogen) atoms. The lowest BCUT2D eigenvalue weighted by Gasteiger charge is -2.28. The molecule has 3 rings (SSSR count). The Morgan fingerprint density at radius 1 is 1.28 bits per heavy atom. The molecule has 3 aromatic rings. The maximum atomic E-state index is 14.4. The van der Waals surface area contributed by atoms with Crippen LogP contribution < -0.4 is 4.74 Å². The van der Waals surface area contributed by atoms with E-state index in [-0.39, 0.29) is 17.9 Å². The number of rotatable bonds is 7. The molecule has 1 aromatic carbocycles. The fourth-order valence-electron chi connectivity index (χ4n) is 2.82. The third-order valence-electron chi connectivity index (χ3n) is 4.18. The van der Waals surface area contributed by atoms with E-state index in [2.05, 4.69) is 15.2 Å². The van der Waals surface area contributed by atoms with Crippen molar-refractivity contribution in [3.63, 3.8) is 0 Å². The molecule has 0 spiro atoms. The maximum absolute atomic E-state index is 14.4. The van der Waals surface area contributed by atoms with Gasteiger partial charge >= 0.3 is 0 Å². The molecule has 0 aliphatic rings. The summed E-state index contributed by atoms with van der Waals surface area (Å²) in [6.45, 7) is 3.94. The van der Waals surface area contributed by atoms with E-state index in [1.54, 1.807) is 26.0 Å². The number of nitrogens with zero attached hydrogens (tertiary/aromatic N) is 5. The average molecular weight is 422 g/mol. The summed E-state index contributed by atoms with van der Waals surface area (Å²) in [5.74, 6) is -2.02. The number of carbonyl (C=O) groups excluding carboxylic acids is 1. The number of aromatic nitrogens is 4. The zero-order valence-corrected chi connectivity index (χ0v) is 16.5. The number of benzene rings is 1. The summed E-state index contributed by atoms with van der Waals surface area (Å²) in [7, 11) is 0. The molecule has 2 heterocycles. The van der Waals surface area contributed by atoms with Crippen molar-refractivity contribution in [2.45, 2.75) is 19.9 Å². The third kappa shape index (κ3) is 4.68. The topological polar surface area (TPSA) is 73.1 Å². The number of carbonyl (C=O) groups is 1. The Balaban J connectivity index is 1.84. The van der Waals surface area contributed by atoms with Crippen molar-refractivity contribution in [1.29, 1.82) is 0 Å². The van der Waals surface area contributed by atoms with Crippen LogP contribution in [0.25, 0.3) is 5.69 Å². The van der Waals surface area contributed by atoms with E-state index in [0.717, 1.165) is 10.9 Å². The highest BCUT2D eigenvalue weighted by molar-refractivity contribution is 6.30. The van der Waals surface area contributed by atoms with Gasteiger partial charge in [-0.3, -0.25) is 4.79 Å². The number of pyridine rings is 1. The molecule has 1 amide bonds. The molecular weight excluding hydrogens is 404 g/mol. The van der Waals surface area contributed by atoms with E-state index < -0.39 is 23.6 Å². The Labute approximate surface area is 170 Å². The molecule has 0 aliphatic carbocycles. The van der Waals surface area contributed by atoms with Crippen LogP contribution in [0.3, 0.4) is 0 Å². The molecule has 0 saturated heterocycles. The Hall–Kier alpha value is -3.07. The van der Waals surface area contributed by atoms with Gasteiger partial charge in [0.2, 0.25) is 5.88 Å². The molecule has 152 valence electrons. The van der Waals surface area contributed by atoms with Crippen LogP contribution in [0.15, 0.2) is 42.9 Å². The second-order valence-corrected chi connectivity index (χ2v) is 6.60. The van der Waals surface area contributed by atoms with Gasteiger partial charge in [0.15, 0.2) is 5.82 Å². The van der Waals surface area contributed by atoms with Crippen molar-refractivity contribution in [2.24, 2.45) is 0 Å². The lowest BCUT2D eigenvalue weighted by atomic mass is 10.1. The lowest BCUT2D eigenvalue weighted by Crippen LogP contribution is -2.42. The van der Waals surface area contributed by atoms with Gasteiger partial charge in [0.05, 0.1) is 29.0 Å². The molecule has 0 N–H and O–H groups in total. The minimum Gasteiger partial charge on any atom is -0.475 e. The van der Waals surface area contributed by atoms with Crippen molar-refractivity contribution >= 4 is 17.5 Å². The van der Waals surface area contributed by atoms with Crippen molar-refractivity contribution in [3.8, 4) is 11.6 Å². The van der Waals surface area contributed by atoms with Gasteiger partial charge in [-0.15, -0.1) is 4.80 Å². The smallest absolute Gasteiger partial charge is 0.256 e. The number of hydrogen-bond donors (Lipinski definition) is 0. The Bertz CT molecular complexity index is 983. The monoisotopic (exact) mass is 421 g/mol. The van der Waals surface area contributed by atoms with Crippen molar-refractivity contribution in [2.75, 3.05) is 13.2 Å². The molecule has 0 saturated carbocycles. The maximum Gasteiger partial charge on any atom is 0.256 e. The molecule has 7 nitrogen and oxygen atoms in total. The predicted molar refractivity (Wildman–Crippen MR) is 102 cm³/mol. The highest BCUT2D eigenvalue weighted by Gasteiger charge is 2.27. The fraction of sp³-hybridized carbons (Fsp3) is 0.263. The van der Waals surface area contributed by atoms with Crippen LogP contribution in [0.2, 0.25) is 5.02 Å². The van der Waals surface area contributed by atoms with Crippen LogP contribution >= 0.6 is 11.6 Å². The van der Waals surface area contributed by atoms with E-state index in [0.29, 0.717) is 23.5 Å². The summed E-state index contributed by atoms with van der Waals surface area (Å²) in [5.41, 5.74) is -0.399. The van der Waals surface area contributed by atoms with Gasteiger partial charge in [-0.2, -0.15) is 10.2 Å². The third-order valence-corrected chi connectivity index (χ3v) is 4.41. The van der Waals surface area contributed by atoms with Gasteiger partial charge in [-0.25, -0.2) is 13.8 Å². The highest BCUT2D eigenvalue weighted by atomic mass is 35.5. The Kier molecular flexibility index (Phi) is 6.38. The second-order valence-electron chi connectivity index (χ2n) is 6.17. The number of ether oxygens (including phenoxy) is 1. The standard InChI is InChI=1S/C19H18ClF2N5O2/c1-3-26(12(2)11-29-17-5-4-13(20)10-23-17)19(28)15-8-14(21)9-16(22)18(15)27-24-6-7-25-27/h4-10,12H,3,11H2,1-2H3/t12-/m0/s1. The van der Waals surface area contributed by atoms with Gasteiger partial charge in [-0.1, -0.05) is 11.6 Å². The van der Waals surface area contributed by atoms with E-state index >= 15 is 0 Å². The first-order chi connectivity index (χ1) is 13.9. The van der Waals surface area contributed by atoms with E-state index in [1.807, 2.05) is 0 Å². The number of halogens is 3. The SMILES string of the molecule is CCN(C(=O)c1cc(F)cc(F)c1-n1nccn1)[C@@H](C)COc1ccc(Cl)cn1. The molecule has 0 aliphatic heterocycles. The first-order valence-electron chi connectivity index (χ1n) is 8.81. The molecule has 1 atom stereocenters. The Morgan fingerprint density at radius 2 is 2.00 bits per heavy atom. The summed E-state index contributed by atoms with van der Waals surface area (Å²) >= 11 is 5.79. The normalized spacial score (nSPS) is 11.9. The van der Waals surface area contributed by atoms with Crippen LogP contribution in [0.5, 0.6) is 5.88 Å². The van der Waals surface area contributed by atoms with Gasteiger partial charge < -0.3 is 9.64 Å². The zero-order chi connectivity index (χ0) is 21.0. The van der Waals surface area contributed by atoms with Crippen molar-refractivity contribution < 1.29 is 18.3 Å². The van der Waals surface area contributed by atoms with Crippen LogP contribution in [0, 0.1) is 11.6 Å². The summed E-state index contributed by atoms with van der Waals surface area (Å²) < 4.78 is 33.9. The molecule has 0 unspecified atom stereocenters. The Morgan fingerprint density at radius 3 is 2.62 bits per heavy atom. The number of amides is 1. The summed E-state index contributed by atoms with van der Waals surface area (Å²) in [6.07, 6.45) is 4.12.